The van der Waals surface area contributed by atoms with Crippen LogP contribution in [0, 0.1) is 5.82 Å². The molecule has 6 nitrogen and oxygen atoms in total. The maximum atomic E-state index is 13.2. The fourth-order valence-corrected chi connectivity index (χ4v) is 3.15. The third kappa shape index (κ3) is 3.01. The van der Waals surface area contributed by atoms with Crippen LogP contribution in [0.3, 0.4) is 0 Å². The molecular weight excluding hydrogens is 359 g/mol. The van der Waals surface area contributed by atoms with E-state index in [2.05, 4.69) is 10.1 Å². The van der Waals surface area contributed by atoms with E-state index in [1.54, 1.807) is 35.1 Å². The van der Waals surface area contributed by atoms with Gasteiger partial charge in [-0.1, -0.05) is 23.7 Å². The number of cyclic esters (lactones) is 1. The number of hydrogen-bond donors (Lipinski definition) is 0. The van der Waals surface area contributed by atoms with Crippen LogP contribution in [-0.4, -0.2) is 27.5 Å². The number of pyridine rings is 1. The van der Waals surface area contributed by atoms with Gasteiger partial charge < -0.3 is 4.74 Å². The summed E-state index contributed by atoms with van der Waals surface area (Å²) in [5.74, 6) is 0.0264. The highest BCUT2D eigenvalue weighted by Gasteiger charge is 2.36. The second-order valence-electron chi connectivity index (χ2n) is 5.95. The summed E-state index contributed by atoms with van der Waals surface area (Å²) < 4.78 is 20.1. The number of aryl methyl sites for hydroxylation is 1. The lowest BCUT2D eigenvalue weighted by molar-refractivity contribution is 0.179. The summed E-state index contributed by atoms with van der Waals surface area (Å²) in [6.07, 6.45) is 3.02. The predicted octanol–water partition coefficient (Wildman–Crippen LogP) is 3.97. The zero-order chi connectivity index (χ0) is 18.3. The summed E-state index contributed by atoms with van der Waals surface area (Å²) in [5.41, 5.74) is 2.39. The Morgan fingerprint density at radius 2 is 2.00 bits per heavy atom. The van der Waals surface area contributed by atoms with Crippen molar-refractivity contribution in [3.63, 3.8) is 0 Å². The number of benzene rings is 1. The molecular formula is C18H14ClFN4O2. The molecule has 1 atom stereocenters. The molecule has 0 bridgehead atoms. The van der Waals surface area contributed by atoms with Crippen LogP contribution < -0.4 is 4.90 Å². The first-order valence-corrected chi connectivity index (χ1v) is 8.27. The van der Waals surface area contributed by atoms with Gasteiger partial charge >= 0.3 is 6.09 Å². The van der Waals surface area contributed by atoms with Crippen LogP contribution in [0.4, 0.5) is 15.0 Å². The standard InChI is InChI=1S/C18H14ClFN4O2/c1-23-9-13(8-21-23)12-6-16(19)22-17(7-12)24-15(10-26-18(24)25)11-2-4-14(20)5-3-11/h2-9,15H,10H2,1H3. The maximum absolute atomic E-state index is 13.2. The number of ether oxygens (including phenoxy) is 1. The minimum Gasteiger partial charge on any atom is -0.447 e. The number of aromatic nitrogens is 3. The second-order valence-corrected chi connectivity index (χ2v) is 6.34. The average Bonchev–Trinajstić information content (AvgIpc) is 3.21. The van der Waals surface area contributed by atoms with Crippen LogP contribution in [0.1, 0.15) is 11.6 Å². The van der Waals surface area contributed by atoms with Gasteiger partial charge in [-0.15, -0.1) is 0 Å². The zero-order valence-electron chi connectivity index (χ0n) is 13.8. The zero-order valence-corrected chi connectivity index (χ0v) is 14.5. The fraction of sp³-hybridized carbons (Fsp3) is 0.167. The van der Waals surface area contributed by atoms with Crippen LogP contribution in [0.15, 0.2) is 48.8 Å². The molecule has 1 aliphatic heterocycles. The van der Waals surface area contributed by atoms with Gasteiger partial charge in [0, 0.05) is 18.8 Å². The first-order valence-electron chi connectivity index (χ1n) is 7.89. The van der Waals surface area contributed by atoms with Gasteiger partial charge in [0.05, 0.1) is 6.20 Å². The van der Waals surface area contributed by atoms with Crippen LogP contribution in [0.2, 0.25) is 5.15 Å². The van der Waals surface area contributed by atoms with E-state index in [0.717, 1.165) is 16.7 Å². The van der Waals surface area contributed by atoms with Crippen LogP contribution in [0.25, 0.3) is 11.1 Å². The third-order valence-corrected chi connectivity index (χ3v) is 4.39. The Hall–Kier alpha value is -2.93. The van der Waals surface area contributed by atoms with E-state index in [4.69, 9.17) is 16.3 Å². The minimum absolute atomic E-state index is 0.154. The predicted molar refractivity (Wildman–Crippen MR) is 94.4 cm³/mol. The largest absolute Gasteiger partial charge is 0.447 e. The summed E-state index contributed by atoms with van der Waals surface area (Å²) >= 11 is 6.18. The molecule has 0 spiro atoms. The van der Waals surface area contributed by atoms with Crippen LogP contribution in [-0.2, 0) is 11.8 Å². The molecule has 0 saturated carbocycles. The minimum atomic E-state index is -0.522. The molecule has 3 heterocycles. The Morgan fingerprint density at radius 3 is 2.69 bits per heavy atom. The van der Waals surface area contributed by atoms with Crippen molar-refractivity contribution in [3.05, 3.63) is 65.3 Å². The number of anilines is 1. The van der Waals surface area contributed by atoms with Crippen molar-refractivity contribution >= 4 is 23.5 Å². The first-order chi connectivity index (χ1) is 12.5. The lowest BCUT2D eigenvalue weighted by Crippen LogP contribution is -2.28. The summed E-state index contributed by atoms with van der Waals surface area (Å²) in [6.45, 7) is 0.154. The second kappa shape index (κ2) is 6.42. The van der Waals surface area contributed by atoms with Gasteiger partial charge in [0.25, 0.3) is 0 Å². The molecule has 0 aliphatic carbocycles. The Balaban J connectivity index is 1.76. The highest BCUT2D eigenvalue weighted by Crippen LogP contribution is 2.35. The van der Waals surface area contributed by atoms with Crippen molar-refractivity contribution in [3.8, 4) is 11.1 Å². The quantitative estimate of drug-likeness (QED) is 0.653. The summed E-state index contributed by atoms with van der Waals surface area (Å²) in [5, 5.41) is 4.40. The molecule has 1 fully saturated rings. The third-order valence-electron chi connectivity index (χ3n) is 4.19. The SMILES string of the molecule is Cn1cc(-c2cc(Cl)nc(N3C(=O)OCC3c3ccc(F)cc3)c2)cn1. The molecule has 1 saturated heterocycles. The molecule has 4 rings (SSSR count). The highest BCUT2D eigenvalue weighted by atomic mass is 35.5. The molecule has 26 heavy (non-hydrogen) atoms. The molecule has 1 unspecified atom stereocenters. The topological polar surface area (TPSA) is 60.2 Å². The Morgan fingerprint density at radius 1 is 1.23 bits per heavy atom. The normalized spacial score (nSPS) is 16.8. The molecule has 0 N–H and O–H groups in total. The molecule has 2 aromatic heterocycles. The fourth-order valence-electron chi connectivity index (χ4n) is 2.95. The molecule has 1 amide bonds. The van der Waals surface area contributed by atoms with E-state index >= 15 is 0 Å². The van der Waals surface area contributed by atoms with E-state index in [-0.39, 0.29) is 17.6 Å². The monoisotopic (exact) mass is 372 g/mol. The van der Waals surface area contributed by atoms with Gasteiger partial charge in [0.2, 0.25) is 0 Å². The van der Waals surface area contributed by atoms with Crippen molar-refractivity contribution in [2.45, 2.75) is 6.04 Å². The van der Waals surface area contributed by atoms with Crippen LogP contribution in [0.5, 0.6) is 0 Å². The first kappa shape index (κ1) is 16.5. The lowest BCUT2D eigenvalue weighted by atomic mass is 10.1. The Kier molecular flexibility index (Phi) is 4.08. The number of rotatable bonds is 3. The highest BCUT2D eigenvalue weighted by molar-refractivity contribution is 6.29. The summed E-state index contributed by atoms with van der Waals surface area (Å²) in [6, 6.07) is 9.01. The number of nitrogens with zero attached hydrogens (tertiary/aromatic N) is 4. The number of carbonyl (C=O) groups is 1. The number of carbonyl (C=O) groups excluding carboxylic acids is 1. The van der Waals surface area contributed by atoms with Gasteiger partial charge in [-0.2, -0.15) is 5.10 Å². The molecule has 8 heteroatoms. The average molecular weight is 373 g/mol. The van der Waals surface area contributed by atoms with Gasteiger partial charge in [-0.05, 0) is 35.4 Å². The van der Waals surface area contributed by atoms with Gasteiger partial charge in [0.1, 0.15) is 29.4 Å². The van der Waals surface area contributed by atoms with E-state index in [0.29, 0.717) is 5.82 Å². The molecule has 1 aliphatic rings. The van der Waals surface area contributed by atoms with E-state index < -0.39 is 12.1 Å². The van der Waals surface area contributed by atoms with Gasteiger partial charge in [-0.25, -0.2) is 14.2 Å². The van der Waals surface area contributed by atoms with Crippen molar-refractivity contribution in [1.29, 1.82) is 0 Å². The van der Waals surface area contributed by atoms with E-state index in [1.165, 1.54) is 17.0 Å². The molecule has 0 radical (unpaired) electrons. The Labute approximate surface area is 153 Å². The lowest BCUT2D eigenvalue weighted by Gasteiger charge is -2.21. The number of hydrogen-bond acceptors (Lipinski definition) is 4. The van der Waals surface area contributed by atoms with E-state index in [9.17, 15) is 9.18 Å². The summed E-state index contributed by atoms with van der Waals surface area (Å²) in [7, 11) is 1.82. The van der Waals surface area contributed by atoms with Crippen LogP contribution >= 0.6 is 11.6 Å². The number of amides is 1. The van der Waals surface area contributed by atoms with Crippen molar-refractivity contribution < 1.29 is 13.9 Å². The van der Waals surface area contributed by atoms with Crippen molar-refractivity contribution in [1.82, 2.24) is 14.8 Å². The summed E-state index contributed by atoms with van der Waals surface area (Å²) in [4.78, 5) is 18.0. The van der Waals surface area contributed by atoms with Gasteiger partial charge in [0.15, 0.2) is 0 Å². The molecule has 3 aromatic rings. The van der Waals surface area contributed by atoms with Crippen molar-refractivity contribution in [2.75, 3.05) is 11.5 Å². The van der Waals surface area contributed by atoms with Crippen molar-refractivity contribution in [2.24, 2.45) is 7.05 Å². The Bertz CT molecular complexity index is 974. The van der Waals surface area contributed by atoms with E-state index in [1.807, 2.05) is 13.2 Å². The van der Waals surface area contributed by atoms with Gasteiger partial charge in [-0.3, -0.25) is 9.58 Å². The maximum Gasteiger partial charge on any atom is 0.416 e. The molecule has 1 aromatic carbocycles. The number of halogens is 2. The molecule has 132 valence electrons. The smallest absolute Gasteiger partial charge is 0.416 e.